The number of H-pyrrole nitrogens is 1. The molecule has 2 aliphatic carbocycles. The van der Waals surface area contributed by atoms with Crippen LogP contribution < -0.4 is 24.4 Å². The first-order valence-electron chi connectivity index (χ1n) is 26.1. The fourth-order valence-corrected chi connectivity index (χ4v) is 12.8. The lowest BCUT2D eigenvalue weighted by atomic mass is 9.59. The van der Waals surface area contributed by atoms with Crippen molar-refractivity contribution in [3.05, 3.63) is 142 Å². The standard InChI is InChI=1S/C57H66N8O9S/c1-37(2)46-7-5-6-8-47(46)51-36-63(55(67)39-9-12-43(73-4)13-10-39)27-28-64(51)42-32-57(33-42)22-25-62(26-23-57)41-11-15-48(52(30-41)74-44-29-40-19-24-58-53(40)60-35-44)54(66)61-75(71,72)45-14-16-49(50(31-45)65(69)70)59-34-38-17-20-56(3,68)21-18-38/h5-16,19,24,29-31,35,37-38,42,51,59,68H,17-18,20-23,25-28,32-34,36H2,1-4H3,(H,58,60)(H,61,66)/t38-,51?,56-. The Labute approximate surface area is 437 Å². The summed E-state index contributed by atoms with van der Waals surface area (Å²) >= 11 is 0. The molecule has 1 atom stereocenters. The minimum atomic E-state index is -4.61. The zero-order valence-corrected chi connectivity index (χ0v) is 43.8. The summed E-state index contributed by atoms with van der Waals surface area (Å²) in [4.78, 5) is 53.6. The monoisotopic (exact) mass is 1040 g/mol. The van der Waals surface area contributed by atoms with Gasteiger partial charge in [0.2, 0.25) is 0 Å². The van der Waals surface area contributed by atoms with Crippen LogP contribution in [0.4, 0.5) is 17.1 Å². The van der Waals surface area contributed by atoms with Gasteiger partial charge in [0.15, 0.2) is 0 Å². The normalized spacial score (nSPS) is 21.2. The van der Waals surface area contributed by atoms with Crippen LogP contribution in [0, 0.1) is 21.4 Å². The van der Waals surface area contributed by atoms with Crippen LogP contribution in [-0.4, -0.2) is 108 Å². The third-order valence-corrected chi connectivity index (χ3v) is 17.6. The van der Waals surface area contributed by atoms with E-state index in [1.165, 1.54) is 29.5 Å². The summed E-state index contributed by atoms with van der Waals surface area (Å²) in [6, 6.07) is 28.7. The molecule has 394 valence electrons. The number of nitro benzene ring substituents is 1. The number of benzene rings is 4. The van der Waals surface area contributed by atoms with Gasteiger partial charge in [0.25, 0.3) is 27.5 Å². The van der Waals surface area contributed by atoms with Crippen LogP contribution in [0.5, 0.6) is 17.2 Å². The Morgan fingerprint density at radius 1 is 0.920 bits per heavy atom. The summed E-state index contributed by atoms with van der Waals surface area (Å²) < 4.78 is 41.6. The molecule has 4 heterocycles. The van der Waals surface area contributed by atoms with Gasteiger partial charge in [-0.3, -0.25) is 24.6 Å². The van der Waals surface area contributed by atoms with Crippen molar-refractivity contribution in [2.45, 2.75) is 101 Å². The molecule has 1 spiro atoms. The summed E-state index contributed by atoms with van der Waals surface area (Å²) in [5.41, 5.74) is 3.80. The number of piperazine rings is 1. The largest absolute Gasteiger partial charge is 0.497 e. The molecule has 0 radical (unpaired) electrons. The third-order valence-electron chi connectivity index (χ3n) is 16.3. The lowest BCUT2D eigenvalue weighted by Crippen LogP contribution is -2.60. The number of piperidine rings is 1. The second-order valence-electron chi connectivity index (χ2n) is 21.6. The SMILES string of the molecule is COc1ccc(C(=O)N2CCN(C3CC4(CCN(c5ccc(C(=O)NS(=O)(=O)c6ccc(NC[C@H]7CC[C@](C)(O)CC7)c([N+](=O)[O-])c6)c(Oc6cnc7[nH]ccc7c6)c5)CC4)C3)C(c3ccccc3C(C)C)C2)cc1. The number of rotatable bonds is 15. The molecule has 2 amide bonds. The van der Waals surface area contributed by atoms with Gasteiger partial charge in [-0.1, -0.05) is 38.1 Å². The number of nitrogens with one attached hydrogen (secondary N) is 3. The van der Waals surface area contributed by atoms with Gasteiger partial charge in [0, 0.05) is 80.3 Å². The van der Waals surface area contributed by atoms with E-state index in [2.05, 4.69) is 67.9 Å². The van der Waals surface area contributed by atoms with Crippen molar-refractivity contribution in [1.82, 2.24) is 24.5 Å². The molecule has 6 aromatic rings. The average Bonchev–Trinajstić information content (AvgIpc) is 3.88. The maximum atomic E-state index is 14.1. The van der Waals surface area contributed by atoms with Crippen LogP contribution in [0.1, 0.15) is 116 Å². The fourth-order valence-electron chi connectivity index (χ4n) is 11.8. The molecule has 10 rings (SSSR count). The topological polar surface area (TPSA) is 213 Å². The van der Waals surface area contributed by atoms with Crippen molar-refractivity contribution in [3.8, 4) is 17.2 Å². The average molecular weight is 1040 g/mol. The van der Waals surface area contributed by atoms with E-state index in [4.69, 9.17) is 9.47 Å². The number of ether oxygens (including phenoxy) is 2. The first-order valence-corrected chi connectivity index (χ1v) is 27.6. The molecule has 17 nitrogen and oxygen atoms in total. The number of fused-ring (bicyclic) bond motifs is 1. The first-order chi connectivity index (χ1) is 36.0. The number of aliphatic hydroxyl groups is 1. The number of nitro groups is 1. The lowest BCUT2D eigenvalue weighted by molar-refractivity contribution is -0.384. The summed E-state index contributed by atoms with van der Waals surface area (Å²) in [6.45, 7) is 10.2. The number of carbonyl (C=O) groups is 2. The molecule has 75 heavy (non-hydrogen) atoms. The predicted molar refractivity (Wildman–Crippen MR) is 287 cm³/mol. The molecular weight excluding hydrogens is 973 g/mol. The van der Waals surface area contributed by atoms with Crippen molar-refractivity contribution in [1.29, 1.82) is 0 Å². The Kier molecular flexibility index (Phi) is 14.4. The van der Waals surface area contributed by atoms with Crippen LogP contribution in [0.25, 0.3) is 11.0 Å². The number of aromatic nitrogens is 2. The number of sulfonamides is 1. The fraction of sp³-hybridized carbons (Fsp3) is 0.421. The minimum Gasteiger partial charge on any atom is -0.497 e. The maximum Gasteiger partial charge on any atom is 0.293 e. The van der Waals surface area contributed by atoms with E-state index in [9.17, 15) is 33.2 Å². The Bertz CT molecular complexity index is 3190. The summed E-state index contributed by atoms with van der Waals surface area (Å²) in [5.74, 6) is 0.744. The van der Waals surface area contributed by atoms with Gasteiger partial charge >= 0.3 is 0 Å². The predicted octanol–water partition coefficient (Wildman–Crippen LogP) is 9.82. The number of aromatic amines is 1. The second-order valence-corrected chi connectivity index (χ2v) is 23.3. The van der Waals surface area contributed by atoms with Gasteiger partial charge in [-0.15, -0.1) is 0 Å². The molecule has 4 aromatic carbocycles. The van der Waals surface area contributed by atoms with Gasteiger partial charge < -0.3 is 34.7 Å². The van der Waals surface area contributed by atoms with Crippen molar-refractivity contribution in [3.63, 3.8) is 0 Å². The number of carbonyl (C=O) groups excluding carboxylic acids is 2. The van der Waals surface area contributed by atoms with Crippen molar-refractivity contribution in [2.75, 3.05) is 56.6 Å². The zero-order chi connectivity index (χ0) is 52.6. The molecule has 2 saturated carbocycles. The van der Waals surface area contributed by atoms with Crippen LogP contribution in [0.3, 0.4) is 0 Å². The zero-order valence-electron chi connectivity index (χ0n) is 43.0. The number of amides is 2. The maximum absolute atomic E-state index is 14.1. The highest BCUT2D eigenvalue weighted by Crippen LogP contribution is 2.53. The van der Waals surface area contributed by atoms with E-state index in [1.807, 2.05) is 42.2 Å². The van der Waals surface area contributed by atoms with E-state index in [0.29, 0.717) is 67.1 Å². The van der Waals surface area contributed by atoms with Gasteiger partial charge in [0.1, 0.15) is 28.6 Å². The van der Waals surface area contributed by atoms with Gasteiger partial charge in [0.05, 0.1) is 40.3 Å². The van der Waals surface area contributed by atoms with Crippen molar-refractivity contribution >= 4 is 49.9 Å². The molecule has 0 bridgehead atoms. The molecule has 2 aliphatic heterocycles. The van der Waals surface area contributed by atoms with Gasteiger partial charge in [-0.05, 0) is 147 Å². The van der Waals surface area contributed by atoms with Gasteiger partial charge in [-0.2, -0.15) is 0 Å². The number of hydrogen-bond donors (Lipinski definition) is 4. The molecule has 2 aromatic heterocycles. The van der Waals surface area contributed by atoms with E-state index >= 15 is 0 Å². The molecular formula is C57H66N8O9S. The van der Waals surface area contributed by atoms with E-state index in [0.717, 1.165) is 75.3 Å². The number of anilines is 2. The Hall–Kier alpha value is -7.02. The first kappa shape index (κ1) is 51.5. The highest BCUT2D eigenvalue weighted by molar-refractivity contribution is 7.90. The molecule has 2 saturated heterocycles. The number of nitrogens with zero attached hydrogens (tertiary/aromatic N) is 5. The Balaban J connectivity index is 0.835. The Morgan fingerprint density at radius 2 is 1.67 bits per heavy atom. The van der Waals surface area contributed by atoms with Crippen LogP contribution in [0.15, 0.2) is 114 Å². The van der Waals surface area contributed by atoms with Crippen LogP contribution >= 0.6 is 0 Å². The lowest BCUT2D eigenvalue weighted by Gasteiger charge is -2.58. The molecule has 4 fully saturated rings. The van der Waals surface area contributed by atoms with Crippen molar-refractivity contribution in [2.24, 2.45) is 11.3 Å². The number of methoxy groups -OCH3 is 1. The summed E-state index contributed by atoms with van der Waals surface area (Å²) in [5, 5.41) is 26.5. The number of pyridine rings is 1. The minimum absolute atomic E-state index is 0.0263. The van der Waals surface area contributed by atoms with E-state index in [1.54, 1.807) is 37.6 Å². The van der Waals surface area contributed by atoms with E-state index < -0.39 is 37.0 Å². The molecule has 1 unspecified atom stereocenters. The second kappa shape index (κ2) is 20.9. The third kappa shape index (κ3) is 11.1. The molecule has 4 aliphatic rings. The smallest absolute Gasteiger partial charge is 0.293 e. The summed E-state index contributed by atoms with van der Waals surface area (Å²) in [7, 11) is -2.99. The van der Waals surface area contributed by atoms with Crippen LogP contribution in [-0.2, 0) is 10.0 Å². The van der Waals surface area contributed by atoms with Crippen molar-refractivity contribution < 1.29 is 37.5 Å². The van der Waals surface area contributed by atoms with E-state index in [-0.39, 0.29) is 40.3 Å². The van der Waals surface area contributed by atoms with Crippen LogP contribution in [0.2, 0.25) is 0 Å². The summed E-state index contributed by atoms with van der Waals surface area (Å²) in [6.07, 6.45) is 10.1. The van der Waals surface area contributed by atoms with Gasteiger partial charge in [-0.25, -0.2) is 18.1 Å². The number of hydrogen-bond acceptors (Lipinski definition) is 13. The highest BCUT2D eigenvalue weighted by atomic mass is 32.2. The quantitative estimate of drug-likeness (QED) is 0.0558. The highest BCUT2D eigenvalue weighted by Gasteiger charge is 2.50. The molecule has 18 heteroatoms. The Morgan fingerprint density at radius 3 is 2.39 bits per heavy atom. The molecule has 4 N–H and O–H groups in total.